The smallest absolute Gasteiger partial charge is 0.0942 e. The van der Waals surface area contributed by atoms with E-state index in [0.29, 0.717) is 6.04 Å². The molecule has 2 nitrogen and oxygen atoms in total. The molecule has 2 heteroatoms. The van der Waals surface area contributed by atoms with E-state index < -0.39 is 0 Å². The molecule has 1 saturated carbocycles. The SMILES string of the molecule is CCCN(C1CC1)C(C)C(O)c1ccc(C)cc1. The molecule has 1 fully saturated rings. The summed E-state index contributed by atoms with van der Waals surface area (Å²) in [5, 5.41) is 10.5. The lowest BCUT2D eigenvalue weighted by Gasteiger charge is -2.32. The van der Waals surface area contributed by atoms with Gasteiger partial charge < -0.3 is 5.11 Å². The van der Waals surface area contributed by atoms with Crippen molar-refractivity contribution in [3.63, 3.8) is 0 Å². The molecule has 1 aromatic carbocycles. The first-order valence-corrected chi connectivity index (χ1v) is 7.14. The number of hydrogen-bond donors (Lipinski definition) is 1. The fourth-order valence-corrected chi connectivity index (χ4v) is 2.61. The van der Waals surface area contributed by atoms with Crippen molar-refractivity contribution in [2.45, 2.75) is 58.2 Å². The molecule has 2 atom stereocenters. The Kier molecular flexibility index (Phi) is 4.41. The van der Waals surface area contributed by atoms with Gasteiger partial charge in [-0.05, 0) is 45.2 Å². The zero-order valence-electron chi connectivity index (χ0n) is 11.8. The third-order valence-corrected chi connectivity index (χ3v) is 3.90. The predicted octanol–water partition coefficient (Wildman–Crippen LogP) is 3.29. The summed E-state index contributed by atoms with van der Waals surface area (Å²) in [6.45, 7) is 7.53. The molecule has 0 saturated heterocycles. The second kappa shape index (κ2) is 5.85. The summed E-state index contributed by atoms with van der Waals surface area (Å²) in [5.74, 6) is 0. The van der Waals surface area contributed by atoms with Gasteiger partial charge in [-0.25, -0.2) is 0 Å². The molecule has 1 aromatic rings. The highest BCUT2D eigenvalue weighted by molar-refractivity contribution is 5.24. The molecule has 0 amide bonds. The maximum Gasteiger partial charge on any atom is 0.0942 e. The van der Waals surface area contributed by atoms with Gasteiger partial charge in [0, 0.05) is 12.1 Å². The van der Waals surface area contributed by atoms with E-state index in [2.05, 4.69) is 37.8 Å². The van der Waals surface area contributed by atoms with Gasteiger partial charge in [0.05, 0.1) is 6.10 Å². The highest BCUT2D eigenvalue weighted by atomic mass is 16.3. The molecule has 100 valence electrons. The average Bonchev–Trinajstić information content (AvgIpc) is 3.19. The van der Waals surface area contributed by atoms with Crippen LogP contribution in [-0.4, -0.2) is 28.6 Å². The summed E-state index contributed by atoms with van der Waals surface area (Å²) >= 11 is 0. The zero-order chi connectivity index (χ0) is 13.1. The van der Waals surface area contributed by atoms with Crippen molar-refractivity contribution in [2.75, 3.05) is 6.54 Å². The van der Waals surface area contributed by atoms with Crippen LogP contribution in [0.25, 0.3) is 0 Å². The Labute approximate surface area is 111 Å². The van der Waals surface area contributed by atoms with Gasteiger partial charge in [-0.1, -0.05) is 36.8 Å². The molecule has 2 unspecified atom stereocenters. The van der Waals surface area contributed by atoms with Crippen LogP contribution >= 0.6 is 0 Å². The van der Waals surface area contributed by atoms with Gasteiger partial charge in [0.15, 0.2) is 0 Å². The van der Waals surface area contributed by atoms with Gasteiger partial charge in [0.25, 0.3) is 0 Å². The first-order valence-electron chi connectivity index (χ1n) is 7.14. The van der Waals surface area contributed by atoms with E-state index in [1.165, 1.54) is 18.4 Å². The van der Waals surface area contributed by atoms with E-state index in [1.54, 1.807) is 0 Å². The van der Waals surface area contributed by atoms with Gasteiger partial charge in [-0.3, -0.25) is 4.90 Å². The molecule has 0 spiro atoms. The Morgan fingerprint density at radius 3 is 2.39 bits per heavy atom. The quantitative estimate of drug-likeness (QED) is 0.834. The minimum Gasteiger partial charge on any atom is -0.387 e. The Morgan fingerprint density at radius 2 is 1.89 bits per heavy atom. The van der Waals surface area contributed by atoms with Crippen LogP contribution in [0.3, 0.4) is 0 Å². The summed E-state index contributed by atoms with van der Waals surface area (Å²) in [6, 6.07) is 9.17. The number of aliphatic hydroxyl groups excluding tert-OH is 1. The second-order valence-corrected chi connectivity index (χ2v) is 5.57. The highest BCUT2D eigenvalue weighted by Gasteiger charge is 2.34. The van der Waals surface area contributed by atoms with Crippen LogP contribution in [0.2, 0.25) is 0 Å². The maximum absolute atomic E-state index is 10.5. The molecule has 0 radical (unpaired) electrons. The van der Waals surface area contributed by atoms with Crippen molar-refractivity contribution >= 4 is 0 Å². The number of benzene rings is 1. The van der Waals surface area contributed by atoms with Crippen LogP contribution in [0.5, 0.6) is 0 Å². The van der Waals surface area contributed by atoms with Crippen LogP contribution < -0.4 is 0 Å². The van der Waals surface area contributed by atoms with E-state index in [9.17, 15) is 5.11 Å². The number of aryl methyl sites for hydroxylation is 1. The lowest BCUT2D eigenvalue weighted by molar-refractivity contribution is 0.0528. The molecule has 18 heavy (non-hydrogen) atoms. The van der Waals surface area contributed by atoms with Crippen molar-refractivity contribution in [3.05, 3.63) is 35.4 Å². The first-order chi connectivity index (χ1) is 8.63. The Hall–Kier alpha value is -0.860. The van der Waals surface area contributed by atoms with Gasteiger partial charge in [-0.2, -0.15) is 0 Å². The minimum atomic E-state index is -0.377. The maximum atomic E-state index is 10.5. The molecule has 0 aromatic heterocycles. The highest BCUT2D eigenvalue weighted by Crippen LogP contribution is 2.32. The van der Waals surface area contributed by atoms with Gasteiger partial charge in [0.2, 0.25) is 0 Å². The van der Waals surface area contributed by atoms with Gasteiger partial charge >= 0.3 is 0 Å². The standard InChI is InChI=1S/C16H25NO/c1-4-11-17(15-9-10-15)13(3)16(18)14-7-5-12(2)6-8-14/h5-8,13,15-16,18H,4,9-11H2,1-3H3. The molecule has 1 aliphatic rings. The monoisotopic (exact) mass is 247 g/mol. The van der Waals surface area contributed by atoms with E-state index in [4.69, 9.17) is 0 Å². The van der Waals surface area contributed by atoms with Crippen molar-refractivity contribution in [1.82, 2.24) is 4.90 Å². The third kappa shape index (κ3) is 3.12. The first kappa shape index (κ1) is 13.6. The molecule has 1 aliphatic carbocycles. The van der Waals surface area contributed by atoms with Crippen LogP contribution in [0.1, 0.15) is 50.3 Å². The van der Waals surface area contributed by atoms with E-state index >= 15 is 0 Å². The van der Waals surface area contributed by atoms with Crippen LogP contribution in [0.4, 0.5) is 0 Å². The van der Waals surface area contributed by atoms with Crippen LogP contribution in [0.15, 0.2) is 24.3 Å². The zero-order valence-corrected chi connectivity index (χ0v) is 11.8. The predicted molar refractivity (Wildman–Crippen MR) is 75.6 cm³/mol. The lowest BCUT2D eigenvalue weighted by atomic mass is 10.0. The molecule has 2 rings (SSSR count). The molecule has 0 aliphatic heterocycles. The fourth-order valence-electron chi connectivity index (χ4n) is 2.61. The Morgan fingerprint density at radius 1 is 1.28 bits per heavy atom. The fraction of sp³-hybridized carbons (Fsp3) is 0.625. The molecule has 0 heterocycles. The summed E-state index contributed by atoms with van der Waals surface area (Å²) in [5.41, 5.74) is 2.28. The third-order valence-electron chi connectivity index (χ3n) is 3.90. The number of hydrogen-bond acceptors (Lipinski definition) is 2. The normalized spacial score (nSPS) is 18.9. The van der Waals surface area contributed by atoms with Crippen molar-refractivity contribution < 1.29 is 5.11 Å². The number of nitrogens with zero attached hydrogens (tertiary/aromatic N) is 1. The van der Waals surface area contributed by atoms with Crippen LogP contribution in [-0.2, 0) is 0 Å². The molecule has 0 bridgehead atoms. The summed E-state index contributed by atoms with van der Waals surface area (Å²) in [7, 11) is 0. The second-order valence-electron chi connectivity index (χ2n) is 5.57. The number of rotatable bonds is 6. The number of aliphatic hydroxyl groups is 1. The van der Waals surface area contributed by atoms with E-state index in [0.717, 1.165) is 18.5 Å². The van der Waals surface area contributed by atoms with Crippen molar-refractivity contribution in [3.8, 4) is 0 Å². The van der Waals surface area contributed by atoms with Gasteiger partial charge in [0.1, 0.15) is 0 Å². The summed E-state index contributed by atoms with van der Waals surface area (Å²) in [4.78, 5) is 2.48. The van der Waals surface area contributed by atoms with E-state index in [1.807, 2.05) is 12.1 Å². The van der Waals surface area contributed by atoms with Crippen LogP contribution in [0, 0.1) is 6.92 Å². The molecular weight excluding hydrogens is 222 g/mol. The van der Waals surface area contributed by atoms with E-state index in [-0.39, 0.29) is 12.1 Å². The Bertz CT molecular complexity index is 369. The lowest BCUT2D eigenvalue weighted by Crippen LogP contribution is -2.39. The topological polar surface area (TPSA) is 23.5 Å². The van der Waals surface area contributed by atoms with Crippen molar-refractivity contribution in [2.24, 2.45) is 0 Å². The summed E-state index contributed by atoms with van der Waals surface area (Å²) in [6.07, 6.45) is 3.37. The van der Waals surface area contributed by atoms with Crippen molar-refractivity contribution in [1.29, 1.82) is 0 Å². The summed E-state index contributed by atoms with van der Waals surface area (Å²) < 4.78 is 0. The molecular formula is C16H25NO. The minimum absolute atomic E-state index is 0.208. The molecule has 1 N–H and O–H groups in total. The average molecular weight is 247 g/mol. The van der Waals surface area contributed by atoms with Gasteiger partial charge in [-0.15, -0.1) is 0 Å². The largest absolute Gasteiger partial charge is 0.387 e. The Balaban J connectivity index is 2.06.